The molecule has 0 unspecified atom stereocenters. The summed E-state index contributed by atoms with van der Waals surface area (Å²) in [7, 11) is 1.59. The van der Waals surface area contributed by atoms with E-state index in [1.807, 2.05) is 6.07 Å². The van der Waals surface area contributed by atoms with E-state index in [0.29, 0.717) is 46.2 Å². The number of benzene rings is 2. The largest absolute Gasteiger partial charge is 0.493 e. The fourth-order valence-corrected chi connectivity index (χ4v) is 4.77. The smallest absolute Gasteiger partial charge is 0.191 e. The van der Waals surface area contributed by atoms with E-state index in [2.05, 4.69) is 25.7 Å². The number of ether oxygens (including phenoxy) is 3. The van der Waals surface area contributed by atoms with Gasteiger partial charge in [0.2, 0.25) is 0 Å². The van der Waals surface area contributed by atoms with Crippen LogP contribution in [0.1, 0.15) is 31.4 Å². The molecule has 0 spiro atoms. The Morgan fingerprint density at radius 1 is 1.10 bits per heavy atom. The van der Waals surface area contributed by atoms with Crippen molar-refractivity contribution >= 4 is 40.1 Å². The first kappa shape index (κ1) is 28.3. The molecule has 11 heteroatoms. The maximum atomic E-state index is 15.0. The molecule has 3 heterocycles. The third-order valence-corrected chi connectivity index (χ3v) is 6.82. The van der Waals surface area contributed by atoms with Gasteiger partial charge in [-0.05, 0) is 81.0 Å². The number of hydrogen-bond donors (Lipinski definition) is 2. The summed E-state index contributed by atoms with van der Waals surface area (Å²) in [5.74, 6) is 1.67. The van der Waals surface area contributed by atoms with Crippen molar-refractivity contribution < 1.29 is 23.0 Å². The normalized spacial score (nSPS) is 13.8. The lowest BCUT2D eigenvalue weighted by Gasteiger charge is -2.26. The molecule has 0 saturated carbocycles. The van der Waals surface area contributed by atoms with Gasteiger partial charge in [-0.15, -0.1) is 0 Å². The lowest BCUT2D eigenvalue weighted by Crippen LogP contribution is -2.31. The highest BCUT2D eigenvalue weighted by Gasteiger charge is 2.15. The Bertz CT molecular complexity index is 1490. The summed E-state index contributed by atoms with van der Waals surface area (Å²) in [6.45, 7) is 3.93. The Balaban J connectivity index is 1.22. The minimum Gasteiger partial charge on any atom is -0.493 e. The zero-order valence-corrected chi connectivity index (χ0v) is 23.6. The van der Waals surface area contributed by atoms with Gasteiger partial charge in [-0.2, -0.15) is 5.10 Å². The van der Waals surface area contributed by atoms with E-state index in [-0.39, 0.29) is 10.9 Å². The summed E-state index contributed by atoms with van der Waals surface area (Å²) in [6, 6.07) is 13.3. The Hall–Kier alpha value is -4.22. The standard InChI is InChI=1S/C30H32FN5O4S/c1-37-28-18-23-25(19-29(28)39-16-6-14-36-12-3-2-4-13-36)32-11-10-26(23)40-27-9-8-21(17-24(27)31)34-30(41)35-33-20-22-7-5-15-38-22/h5,7-11,15,17-20H,2-4,6,12-14,16H2,1H3,(H2,34,35,41)/b33-20+. The number of nitrogens with zero attached hydrogens (tertiary/aromatic N) is 3. The monoisotopic (exact) mass is 577 g/mol. The number of aromatic nitrogens is 1. The van der Waals surface area contributed by atoms with E-state index >= 15 is 4.39 Å². The molecule has 2 N–H and O–H groups in total. The van der Waals surface area contributed by atoms with Crippen LogP contribution in [0.15, 0.2) is 70.5 Å². The van der Waals surface area contributed by atoms with Gasteiger partial charge in [-0.3, -0.25) is 10.4 Å². The Kier molecular flexibility index (Phi) is 9.61. The number of furan rings is 1. The molecule has 0 aliphatic carbocycles. The number of hydrogen-bond acceptors (Lipinski definition) is 8. The van der Waals surface area contributed by atoms with E-state index in [4.69, 9.17) is 30.8 Å². The highest BCUT2D eigenvalue weighted by molar-refractivity contribution is 7.80. The van der Waals surface area contributed by atoms with Crippen LogP contribution in [0.25, 0.3) is 10.9 Å². The lowest BCUT2D eigenvalue weighted by atomic mass is 10.1. The van der Waals surface area contributed by atoms with Gasteiger partial charge in [0, 0.05) is 35.9 Å². The van der Waals surface area contributed by atoms with Crippen molar-refractivity contribution in [3.63, 3.8) is 0 Å². The summed E-state index contributed by atoms with van der Waals surface area (Å²) >= 11 is 5.21. The van der Waals surface area contributed by atoms with Crippen LogP contribution in [-0.4, -0.2) is 54.6 Å². The lowest BCUT2D eigenvalue weighted by molar-refractivity contribution is 0.203. The average molecular weight is 578 g/mol. The number of piperidine rings is 1. The van der Waals surface area contributed by atoms with Crippen molar-refractivity contribution in [1.29, 1.82) is 0 Å². The van der Waals surface area contributed by atoms with Crippen LogP contribution < -0.4 is 25.0 Å². The summed E-state index contributed by atoms with van der Waals surface area (Å²) in [6.07, 6.45) is 9.44. The second kappa shape index (κ2) is 13.9. The first-order chi connectivity index (χ1) is 20.1. The molecular weight excluding hydrogens is 545 g/mol. The van der Waals surface area contributed by atoms with Crippen LogP contribution in [0.5, 0.6) is 23.0 Å². The van der Waals surface area contributed by atoms with E-state index in [1.54, 1.807) is 49.9 Å². The van der Waals surface area contributed by atoms with Crippen molar-refractivity contribution in [3.05, 3.63) is 72.6 Å². The third-order valence-electron chi connectivity index (χ3n) is 6.62. The van der Waals surface area contributed by atoms with Crippen LogP contribution in [0.2, 0.25) is 0 Å². The quantitative estimate of drug-likeness (QED) is 0.0916. The molecule has 4 aromatic rings. The fourth-order valence-electron chi connectivity index (χ4n) is 4.60. The summed E-state index contributed by atoms with van der Waals surface area (Å²) < 4.78 is 37.8. The SMILES string of the molecule is COc1cc2c(Oc3ccc(NC(=S)N/N=C/c4ccco4)cc3F)ccnc2cc1OCCCN1CCCCC1. The molecule has 214 valence electrons. The van der Waals surface area contributed by atoms with Gasteiger partial charge in [0.25, 0.3) is 0 Å². The van der Waals surface area contributed by atoms with Gasteiger partial charge >= 0.3 is 0 Å². The molecule has 0 amide bonds. The van der Waals surface area contributed by atoms with Crippen LogP contribution in [-0.2, 0) is 0 Å². The fraction of sp³-hybridized carbons (Fsp3) is 0.300. The van der Waals surface area contributed by atoms with Crippen LogP contribution in [0.3, 0.4) is 0 Å². The Morgan fingerprint density at radius 2 is 1.98 bits per heavy atom. The molecule has 41 heavy (non-hydrogen) atoms. The molecule has 2 aromatic carbocycles. The Morgan fingerprint density at radius 3 is 2.76 bits per heavy atom. The number of fused-ring (bicyclic) bond motifs is 1. The van der Waals surface area contributed by atoms with E-state index in [1.165, 1.54) is 50.7 Å². The highest BCUT2D eigenvalue weighted by Crippen LogP contribution is 2.38. The third kappa shape index (κ3) is 7.71. The topological polar surface area (TPSA) is 93.4 Å². The molecule has 5 rings (SSSR count). The van der Waals surface area contributed by atoms with Gasteiger partial charge in [0.05, 0.1) is 31.7 Å². The number of methoxy groups -OCH3 is 1. The summed E-state index contributed by atoms with van der Waals surface area (Å²) in [4.78, 5) is 6.95. The van der Waals surface area contributed by atoms with E-state index < -0.39 is 5.82 Å². The van der Waals surface area contributed by atoms with Gasteiger partial charge in [-0.1, -0.05) is 6.42 Å². The number of anilines is 1. The van der Waals surface area contributed by atoms with Crippen LogP contribution in [0.4, 0.5) is 10.1 Å². The molecule has 1 saturated heterocycles. The second-order valence-corrected chi connectivity index (χ2v) is 9.93. The van der Waals surface area contributed by atoms with E-state index in [9.17, 15) is 0 Å². The Labute approximate surface area is 243 Å². The maximum Gasteiger partial charge on any atom is 0.191 e. The first-order valence-corrected chi connectivity index (χ1v) is 13.9. The van der Waals surface area contributed by atoms with Gasteiger partial charge in [0.1, 0.15) is 11.5 Å². The molecule has 1 aliphatic heterocycles. The first-order valence-electron chi connectivity index (χ1n) is 13.5. The molecule has 1 fully saturated rings. The molecule has 9 nitrogen and oxygen atoms in total. The number of hydrazone groups is 1. The minimum absolute atomic E-state index is 0.0507. The predicted molar refractivity (Wildman–Crippen MR) is 161 cm³/mol. The zero-order chi connectivity index (χ0) is 28.4. The van der Waals surface area contributed by atoms with Gasteiger partial charge in [-0.25, -0.2) is 4.39 Å². The molecule has 0 atom stereocenters. The highest BCUT2D eigenvalue weighted by atomic mass is 32.1. The average Bonchev–Trinajstić information content (AvgIpc) is 3.50. The summed E-state index contributed by atoms with van der Waals surface area (Å²) in [5.41, 5.74) is 3.74. The molecule has 0 radical (unpaired) electrons. The van der Waals surface area contributed by atoms with Crippen molar-refractivity contribution in [2.45, 2.75) is 25.7 Å². The van der Waals surface area contributed by atoms with Crippen LogP contribution >= 0.6 is 12.2 Å². The zero-order valence-electron chi connectivity index (χ0n) is 22.8. The number of thiocarbonyl (C=S) groups is 1. The van der Waals surface area contributed by atoms with Crippen molar-refractivity contribution in [3.8, 4) is 23.0 Å². The number of pyridine rings is 1. The minimum atomic E-state index is -0.567. The van der Waals surface area contributed by atoms with Gasteiger partial charge < -0.3 is 28.8 Å². The van der Waals surface area contributed by atoms with Crippen molar-refractivity contribution in [1.82, 2.24) is 15.3 Å². The van der Waals surface area contributed by atoms with Crippen molar-refractivity contribution in [2.24, 2.45) is 5.10 Å². The number of nitrogens with one attached hydrogen (secondary N) is 2. The predicted octanol–water partition coefficient (Wildman–Crippen LogP) is 6.34. The molecule has 2 aromatic heterocycles. The van der Waals surface area contributed by atoms with E-state index in [0.717, 1.165) is 13.0 Å². The number of rotatable bonds is 11. The number of likely N-dealkylation sites (tertiary alicyclic amines) is 1. The molecule has 1 aliphatic rings. The second-order valence-electron chi connectivity index (χ2n) is 9.52. The summed E-state index contributed by atoms with van der Waals surface area (Å²) in [5, 5.41) is 7.72. The van der Waals surface area contributed by atoms with Crippen LogP contribution in [0, 0.1) is 5.82 Å². The molecule has 0 bridgehead atoms. The molecular formula is C30H32FN5O4S. The maximum absolute atomic E-state index is 15.0. The van der Waals surface area contributed by atoms with Gasteiger partial charge in [0.15, 0.2) is 28.2 Å². The van der Waals surface area contributed by atoms with Crippen molar-refractivity contribution in [2.75, 3.05) is 38.7 Å². The number of halogens is 1.